The van der Waals surface area contributed by atoms with Crippen LogP contribution in [0.4, 0.5) is 8.78 Å². The summed E-state index contributed by atoms with van der Waals surface area (Å²) < 4.78 is 26.2. The molecule has 3 rings (SSSR count). The molecule has 6 heteroatoms. The molecule has 1 amide bonds. The maximum atomic E-state index is 13.1. The summed E-state index contributed by atoms with van der Waals surface area (Å²) in [6, 6.07) is 2.01. The third-order valence-corrected chi connectivity index (χ3v) is 5.54. The number of rotatable bonds is 3. The van der Waals surface area contributed by atoms with Crippen LogP contribution >= 0.6 is 11.3 Å². The van der Waals surface area contributed by atoms with Gasteiger partial charge in [-0.1, -0.05) is 0 Å². The standard InChI is InChI=1S/C15H20F2N2OS/c1-8-10(11-6-12(11)18)7-13(21-8)14(20)19-9-2-4-15(16,17)5-3-9/h7,9,11-12H,2-6,18H2,1H3,(H,19,20). The zero-order chi connectivity index (χ0) is 15.2. The van der Waals surface area contributed by atoms with Crippen molar-refractivity contribution < 1.29 is 13.6 Å². The summed E-state index contributed by atoms with van der Waals surface area (Å²) in [6.07, 6.45) is 1.41. The van der Waals surface area contributed by atoms with Crippen LogP contribution in [0.3, 0.4) is 0 Å². The van der Waals surface area contributed by atoms with Crippen molar-refractivity contribution in [2.24, 2.45) is 5.73 Å². The fraction of sp³-hybridized carbons (Fsp3) is 0.667. The van der Waals surface area contributed by atoms with E-state index in [4.69, 9.17) is 5.73 Å². The summed E-state index contributed by atoms with van der Waals surface area (Å²) in [5.74, 6) is -2.31. The number of alkyl halides is 2. The van der Waals surface area contributed by atoms with Crippen LogP contribution in [0.25, 0.3) is 0 Å². The van der Waals surface area contributed by atoms with Crippen molar-refractivity contribution in [2.45, 2.75) is 63.0 Å². The monoisotopic (exact) mass is 314 g/mol. The Balaban J connectivity index is 1.61. The lowest BCUT2D eigenvalue weighted by Crippen LogP contribution is -2.40. The highest BCUT2D eigenvalue weighted by molar-refractivity contribution is 7.14. The summed E-state index contributed by atoms with van der Waals surface area (Å²) in [7, 11) is 0. The first-order chi connectivity index (χ1) is 9.85. The van der Waals surface area contributed by atoms with Crippen molar-refractivity contribution in [1.82, 2.24) is 5.32 Å². The molecule has 2 aliphatic rings. The van der Waals surface area contributed by atoms with Gasteiger partial charge in [0.2, 0.25) is 5.92 Å². The summed E-state index contributed by atoms with van der Waals surface area (Å²) in [5.41, 5.74) is 7.03. The average molecular weight is 314 g/mol. The molecular formula is C15H20F2N2OS. The number of hydrogen-bond acceptors (Lipinski definition) is 3. The second kappa shape index (κ2) is 5.32. The van der Waals surface area contributed by atoms with Gasteiger partial charge in [0.1, 0.15) is 0 Å². The molecule has 3 nitrogen and oxygen atoms in total. The van der Waals surface area contributed by atoms with Gasteiger partial charge < -0.3 is 11.1 Å². The average Bonchev–Trinajstić information content (AvgIpc) is 3.00. The van der Waals surface area contributed by atoms with Crippen LogP contribution < -0.4 is 11.1 Å². The minimum absolute atomic E-state index is 0.133. The van der Waals surface area contributed by atoms with Gasteiger partial charge in [-0.3, -0.25) is 4.79 Å². The molecule has 2 aliphatic carbocycles. The van der Waals surface area contributed by atoms with Crippen LogP contribution in [0.1, 0.15) is 58.1 Å². The zero-order valence-electron chi connectivity index (χ0n) is 12.0. The van der Waals surface area contributed by atoms with Gasteiger partial charge in [0, 0.05) is 35.7 Å². The van der Waals surface area contributed by atoms with E-state index in [2.05, 4.69) is 5.32 Å². The number of aryl methyl sites for hydroxylation is 1. The topological polar surface area (TPSA) is 55.1 Å². The Bertz CT molecular complexity index is 548. The molecule has 1 aromatic rings. The quantitative estimate of drug-likeness (QED) is 0.900. The molecule has 2 fully saturated rings. The lowest BCUT2D eigenvalue weighted by atomic mass is 9.92. The largest absolute Gasteiger partial charge is 0.349 e. The Morgan fingerprint density at radius 2 is 2.05 bits per heavy atom. The molecule has 1 aromatic heterocycles. The molecule has 1 heterocycles. The first-order valence-electron chi connectivity index (χ1n) is 7.40. The Hall–Kier alpha value is -1.01. The summed E-state index contributed by atoms with van der Waals surface area (Å²) >= 11 is 1.47. The van der Waals surface area contributed by atoms with E-state index in [1.165, 1.54) is 16.9 Å². The fourth-order valence-electron chi connectivity index (χ4n) is 2.99. The van der Waals surface area contributed by atoms with E-state index in [1.54, 1.807) is 0 Å². The van der Waals surface area contributed by atoms with E-state index in [0.29, 0.717) is 23.6 Å². The Morgan fingerprint density at radius 1 is 1.43 bits per heavy atom. The van der Waals surface area contributed by atoms with Crippen LogP contribution in [0.5, 0.6) is 0 Å². The van der Waals surface area contributed by atoms with Crippen molar-refractivity contribution in [3.63, 3.8) is 0 Å². The predicted molar refractivity (Wildman–Crippen MR) is 79.1 cm³/mol. The number of thiophene rings is 1. The van der Waals surface area contributed by atoms with E-state index in [1.807, 2.05) is 13.0 Å². The van der Waals surface area contributed by atoms with E-state index < -0.39 is 5.92 Å². The predicted octanol–water partition coefficient (Wildman–Crippen LogP) is 3.18. The highest BCUT2D eigenvalue weighted by atomic mass is 32.1. The molecule has 3 N–H and O–H groups in total. The molecule has 21 heavy (non-hydrogen) atoms. The summed E-state index contributed by atoms with van der Waals surface area (Å²) in [4.78, 5) is 14.0. The first-order valence-corrected chi connectivity index (χ1v) is 8.22. The van der Waals surface area contributed by atoms with Gasteiger partial charge >= 0.3 is 0 Å². The Kier molecular flexibility index (Phi) is 3.78. The maximum absolute atomic E-state index is 13.1. The molecular weight excluding hydrogens is 294 g/mol. The molecule has 0 radical (unpaired) electrons. The van der Waals surface area contributed by atoms with Crippen molar-refractivity contribution in [1.29, 1.82) is 0 Å². The lowest BCUT2D eigenvalue weighted by molar-refractivity contribution is -0.0399. The van der Waals surface area contributed by atoms with Crippen molar-refractivity contribution >= 4 is 17.2 Å². The second-order valence-electron chi connectivity index (χ2n) is 6.23. The van der Waals surface area contributed by atoms with Crippen molar-refractivity contribution in [2.75, 3.05) is 0 Å². The summed E-state index contributed by atoms with van der Waals surface area (Å²) in [5, 5.41) is 2.89. The lowest BCUT2D eigenvalue weighted by Gasteiger charge is -2.28. The van der Waals surface area contributed by atoms with Crippen LogP contribution in [0.15, 0.2) is 6.07 Å². The van der Waals surface area contributed by atoms with E-state index in [9.17, 15) is 13.6 Å². The third-order valence-electron chi connectivity index (χ3n) is 4.47. The van der Waals surface area contributed by atoms with Crippen LogP contribution in [-0.2, 0) is 0 Å². The second-order valence-corrected chi connectivity index (χ2v) is 7.49. The molecule has 116 valence electrons. The summed E-state index contributed by atoms with van der Waals surface area (Å²) in [6.45, 7) is 2.00. The van der Waals surface area contributed by atoms with Crippen LogP contribution in [0.2, 0.25) is 0 Å². The zero-order valence-corrected chi connectivity index (χ0v) is 12.8. The van der Waals surface area contributed by atoms with Gasteiger partial charge in [-0.2, -0.15) is 0 Å². The SMILES string of the molecule is Cc1sc(C(=O)NC2CCC(F)(F)CC2)cc1C1CC1N. The van der Waals surface area contributed by atoms with E-state index in [0.717, 1.165) is 11.3 Å². The molecule has 2 saturated carbocycles. The van der Waals surface area contributed by atoms with Crippen LogP contribution in [-0.4, -0.2) is 23.9 Å². The highest BCUT2D eigenvalue weighted by Crippen LogP contribution is 2.43. The van der Waals surface area contributed by atoms with E-state index >= 15 is 0 Å². The van der Waals surface area contributed by atoms with Gasteiger partial charge in [0.15, 0.2) is 0 Å². The molecule has 0 spiro atoms. The van der Waals surface area contributed by atoms with Gasteiger partial charge in [-0.25, -0.2) is 8.78 Å². The normalized spacial score (nSPS) is 28.4. The molecule has 0 saturated heterocycles. The number of hydrogen-bond donors (Lipinski definition) is 2. The fourth-order valence-corrected chi connectivity index (χ4v) is 3.98. The number of carbonyl (C=O) groups is 1. The molecule has 2 atom stereocenters. The minimum Gasteiger partial charge on any atom is -0.349 e. The third kappa shape index (κ3) is 3.26. The molecule has 2 unspecified atom stereocenters. The van der Waals surface area contributed by atoms with Gasteiger partial charge in [0.05, 0.1) is 4.88 Å². The smallest absolute Gasteiger partial charge is 0.261 e. The van der Waals surface area contributed by atoms with Crippen LogP contribution in [0, 0.1) is 6.92 Å². The molecule has 0 aromatic carbocycles. The number of carbonyl (C=O) groups excluding carboxylic acids is 1. The van der Waals surface area contributed by atoms with Crippen molar-refractivity contribution in [3.8, 4) is 0 Å². The first kappa shape index (κ1) is 14.9. The Labute approximate surface area is 126 Å². The minimum atomic E-state index is -2.56. The maximum Gasteiger partial charge on any atom is 0.261 e. The van der Waals surface area contributed by atoms with Gasteiger partial charge in [-0.15, -0.1) is 11.3 Å². The number of halogens is 2. The van der Waals surface area contributed by atoms with Gasteiger partial charge in [0.25, 0.3) is 5.91 Å². The number of nitrogens with two attached hydrogens (primary N) is 1. The highest BCUT2D eigenvalue weighted by Gasteiger charge is 2.38. The number of nitrogens with one attached hydrogen (secondary N) is 1. The number of amides is 1. The van der Waals surface area contributed by atoms with Gasteiger partial charge in [-0.05, 0) is 37.8 Å². The Morgan fingerprint density at radius 3 is 2.62 bits per heavy atom. The molecule has 0 aliphatic heterocycles. The van der Waals surface area contributed by atoms with Crippen molar-refractivity contribution in [3.05, 3.63) is 21.4 Å². The van der Waals surface area contributed by atoms with E-state index in [-0.39, 0.29) is 30.8 Å². The molecule has 0 bridgehead atoms.